The molecule has 162 valence electrons. The summed E-state index contributed by atoms with van der Waals surface area (Å²) in [6, 6.07) is 9.48. The number of likely N-dealkylation sites (N-methyl/N-ethyl adjacent to an activating group) is 1. The number of carbonyl (C=O) groups is 2. The van der Waals surface area contributed by atoms with Crippen molar-refractivity contribution >= 4 is 34.8 Å². The van der Waals surface area contributed by atoms with Crippen molar-refractivity contribution in [2.24, 2.45) is 0 Å². The van der Waals surface area contributed by atoms with E-state index >= 15 is 0 Å². The number of nitrogens with zero attached hydrogens (tertiary/aromatic N) is 1. The number of methoxy groups -OCH3 is 1. The van der Waals surface area contributed by atoms with Gasteiger partial charge in [0.05, 0.1) is 25.9 Å². The topological polar surface area (TPSA) is 79.9 Å². The van der Waals surface area contributed by atoms with Crippen molar-refractivity contribution in [2.75, 3.05) is 37.9 Å². The molecule has 0 aliphatic heterocycles. The third-order valence-corrected chi connectivity index (χ3v) is 3.87. The molecule has 0 fully saturated rings. The van der Waals surface area contributed by atoms with E-state index in [0.29, 0.717) is 16.5 Å². The van der Waals surface area contributed by atoms with Gasteiger partial charge in [0.2, 0.25) is 11.8 Å². The summed E-state index contributed by atoms with van der Waals surface area (Å²) >= 11 is 5.92. The highest BCUT2D eigenvalue weighted by Gasteiger charge is 2.31. The average molecular weight is 446 g/mol. The van der Waals surface area contributed by atoms with Crippen LogP contribution in [-0.2, 0) is 9.59 Å². The van der Waals surface area contributed by atoms with E-state index in [1.54, 1.807) is 19.2 Å². The molecule has 2 aromatic rings. The van der Waals surface area contributed by atoms with E-state index < -0.39 is 18.0 Å². The minimum atomic E-state index is -4.79. The quantitative estimate of drug-likeness (QED) is 0.647. The summed E-state index contributed by atoms with van der Waals surface area (Å²) in [5.74, 6) is -0.800. The van der Waals surface area contributed by atoms with Gasteiger partial charge in [-0.1, -0.05) is 11.6 Å². The van der Waals surface area contributed by atoms with Crippen LogP contribution in [-0.4, -0.2) is 50.3 Å². The standard InChI is InChI=1S/C19H19ClF3N3O4/c1-26(11-18(28)25-15-9-12(20)3-8-16(15)29-2)10-17(27)24-13-4-6-14(7-5-13)30-19(21,22)23/h3-9H,10-11H2,1-2H3,(H,24,27)(H,25,28). The van der Waals surface area contributed by atoms with E-state index in [4.69, 9.17) is 16.3 Å². The molecule has 0 aromatic heterocycles. The van der Waals surface area contributed by atoms with E-state index in [1.807, 2.05) is 0 Å². The normalized spacial score (nSPS) is 11.2. The number of ether oxygens (including phenoxy) is 2. The highest BCUT2D eigenvalue weighted by molar-refractivity contribution is 6.31. The Kier molecular flexibility index (Phi) is 7.90. The van der Waals surface area contributed by atoms with Crippen LogP contribution in [0.5, 0.6) is 11.5 Å². The Balaban J connectivity index is 1.84. The summed E-state index contributed by atoms with van der Waals surface area (Å²) in [7, 11) is 3.02. The van der Waals surface area contributed by atoms with Gasteiger partial charge in [0, 0.05) is 10.7 Å². The lowest BCUT2D eigenvalue weighted by Crippen LogP contribution is -2.36. The van der Waals surface area contributed by atoms with E-state index in [1.165, 1.54) is 30.2 Å². The van der Waals surface area contributed by atoms with Crippen LogP contribution in [0.25, 0.3) is 0 Å². The maximum absolute atomic E-state index is 12.2. The predicted octanol–water partition coefficient (Wildman–Crippen LogP) is 3.76. The third kappa shape index (κ3) is 7.80. The molecule has 0 saturated carbocycles. The highest BCUT2D eigenvalue weighted by atomic mass is 35.5. The van der Waals surface area contributed by atoms with E-state index in [9.17, 15) is 22.8 Å². The number of carbonyl (C=O) groups excluding carboxylic acids is 2. The molecule has 2 amide bonds. The third-order valence-electron chi connectivity index (χ3n) is 3.63. The van der Waals surface area contributed by atoms with Crippen LogP contribution in [0.1, 0.15) is 0 Å². The molecule has 0 spiro atoms. The Bertz CT molecular complexity index is 892. The molecule has 0 saturated heterocycles. The van der Waals surface area contributed by atoms with Crippen LogP contribution >= 0.6 is 11.6 Å². The minimum absolute atomic E-state index is 0.0958. The first kappa shape index (κ1) is 23.3. The van der Waals surface area contributed by atoms with E-state index in [-0.39, 0.29) is 24.7 Å². The molecule has 0 radical (unpaired) electrons. The molecule has 11 heteroatoms. The Hall–Kier alpha value is -2.98. The zero-order chi connectivity index (χ0) is 22.3. The van der Waals surface area contributed by atoms with Crippen LogP contribution in [0, 0.1) is 0 Å². The predicted molar refractivity (Wildman–Crippen MR) is 106 cm³/mol. The largest absolute Gasteiger partial charge is 0.573 e. The van der Waals surface area contributed by atoms with E-state index in [0.717, 1.165) is 12.1 Å². The SMILES string of the molecule is COc1ccc(Cl)cc1NC(=O)CN(C)CC(=O)Nc1ccc(OC(F)(F)F)cc1. The zero-order valence-corrected chi connectivity index (χ0v) is 16.8. The van der Waals surface area contributed by atoms with Crippen LogP contribution in [0.4, 0.5) is 24.5 Å². The molecule has 0 bridgehead atoms. The second-order valence-electron chi connectivity index (χ2n) is 6.19. The molecule has 2 rings (SSSR count). The van der Waals surface area contributed by atoms with Crippen molar-refractivity contribution in [3.05, 3.63) is 47.5 Å². The fraction of sp³-hybridized carbons (Fsp3) is 0.263. The van der Waals surface area contributed by atoms with Gasteiger partial charge in [-0.3, -0.25) is 14.5 Å². The van der Waals surface area contributed by atoms with Crippen molar-refractivity contribution in [3.63, 3.8) is 0 Å². The summed E-state index contributed by atoms with van der Waals surface area (Å²) < 4.78 is 45.4. The smallest absolute Gasteiger partial charge is 0.495 e. The average Bonchev–Trinajstić information content (AvgIpc) is 2.62. The monoisotopic (exact) mass is 445 g/mol. The van der Waals surface area contributed by atoms with Crippen molar-refractivity contribution in [1.82, 2.24) is 4.90 Å². The molecule has 0 heterocycles. The Morgan fingerprint density at radius 1 is 1.03 bits per heavy atom. The summed E-state index contributed by atoms with van der Waals surface area (Å²) in [4.78, 5) is 25.8. The van der Waals surface area contributed by atoms with Crippen LogP contribution in [0.2, 0.25) is 5.02 Å². The van der Waals surface area contributed by atoms with Crippen molar-refractivity contribution < 1.29 is 32.2 Å². The van der Waals surface area contributed by atoms with Gasteiger partial charge in [-0.2, -0.15) is 0 Å². The molecule has 30 heavy (non-hydrogen) atoms. The second-order valence-corrected chi connectivity index (χ2v) is 6.62. The molecule has 0 aliphatic rings. The molecule has 7 nitrogen and oxygen atoms in total. The van der Waals surface area contributed by atoms with E-state index in [2.05, 4.69) is 15.4 Å². The van der Waals surface area contributed by atoms with Crippen molar-refractivity contribution in [1.29, 1.82) is 0 Å². The Morgan fingerprint density at radius 2 is 1.63 bits per heavy atom. The fourth-order valence-corrected chi connectivity index (χ4v) is 2.63. The Labute approximate surface area is 175 Å². The van der Waals surface area contributed by atoms with Crippen LogP contribution in [0.15, 0.2) is 42.5 Å². The Morgan fingerprint density at radius 3 is 2.20 bits per heavy atom. The van der Waals surface area contributed by atoms with Gasteiger partial charge in [-0.05, 0) is 49.5 Å². The zero-order valence-electron chi connectivity index (χ0n) is 16.0. The molecule has 2 N–H and O–H groups in total. The van der Waals surface area contributed by atoms with Crippen molar-refractivity contribution in [3.8, 4) is 11.5 Å². The van der Waals surface area contributed by atoms with Gasteiger partial charge in [0.1, 0.15) is 11.5 Å². The number of amides is 2. The maximum atomic E-state index is 12.2. The first-order chi connectivity index (χ1) is 14.1. The lowest BCUT2D eigenvalue weighted by atomic mass is 10.3. The summed E-state index contributed by atoms with van der Waals surface area (Å²) in [6.07, 6.45) is -4.79. The number of alkyl halides is 3. The number of anilines is 2. The lowest BCUT2D eigenvalue weighted by Gasteiger charge is -2.17. The van der Waals surface area contributed by atoms with Gasteiger partial charge in [-0.15, -0.1) is 13.2 Å². The number of rotatable bonds is 8. The molecular formula is C19H19ClF3N3O4. The van der Waals surface area contributed by atoms with Gasteiger partial charge in [-0.25, -0.2) is 0 Å². The highest BCUT2D eigenvalue weighted by Crippen LogP contribution is 2.27. The lowest BCUT2D eigenvalue weighted by molar-refractivity contribution is -0.274. The number of hydrogen-bond acceptors (Lipinski definition) is 5. The van der Waals surface area contributed by atoms with Crippen molar-refractivity contribution in [2.45, 2.75) is 6.36 Å². The summed E-state index contributed by atoms with van der Waals surface area (Å²) in [5.41, 5.74) is 0.685. The van der Waals surface area contributed by atoms with Crippen LogP contribution in [0.3, 0.4) is 0 Å². The molecular weight excluding hydrogens is 427 g/mol. The first-order valence-electron chi connectivity index (χ1n) is 8.53. The van der Waals surface area contributed by atoms with Gasteiger partial charge >= 0.3 is 6.36 Å². The number of hydrogen-bond donors (Lipinski definition) is 2. The van der Waals surface area contributed by atoms with Gasteiger partial charge < -0.3 is 20.1 Å². The van der Waals surface area contributed by atoms with Gasteiger partial charge in [0.15, 0.2) is 0 Å². The second kappa shape index (κ2) is 10.2. The first-order valence-corrected chi connectivity index (χ1v) is 8.91. The molecule has 2 aromatic carbocycles. The molecule has 0 unspecified atom stereocenters. The maximum Gasteiger partial charge on any atom is 0.573 e. The molecule has 0 atom stereocenters. The number of benzene rings is 2. The molecule has 0 aliphatic carbocycles. The fourth-order valence-electron chi connectivity index (χ4n) is 2.45. The van der Waals surface area contributed by atoms with Crippen LogP contribution < -0.4 is 20.1 Å². The minimum Gasteiger partial charge on any atom is -0.495 e. The summed E-state index contributed by atoms with van der Waals surface area (Å²) in [5, 5.41) is 5.60. The number of halogens is 4. The number of nitrogens with one attached hydrogen (secondary N) is 2. The summed E-state index contributed by atoms with van der Waals surface area (Å²) in [6.45, 7) is -0.220. The van der Waals surface area contributed by atoms with Gasteiger partial charge in [0.25, 0.3) is 0 Å².